The monoisotopic (exact) mass is 334 g/mol. The topological polar surface area (TPSA) is 82.4 Å². The molecule has 1 aliphatic rings. The third-order valence-electron chi connectivity index (χ3n) is 3.81. The molecule has 5 heteroatoms. The Bertz CT molecular complexity index is 837. The maximum atomic E-state index is 10.9. The van der Waals surface area contributed by atoms with Crippen molar-refractivity contribution in [1.82, 2.24) is 0 Å². The maximum Gasteiger partial charge on any atom is 0.335 e. The number of carbonyl (C=O) groups is 1. The Balaban J connectivity index is 1.79. The molecule has 3 rings (SSSR count). The summed E-state index contributed by atoms with van der Waals surface area (Å²) in [6.07, 6.45) is 5.52. The smallest absolute Gasteiger partial charge is 0.335 e. The number of hydrogen-bond acceptors (Lipinski definition) is 4. The molecule has 0 saturated carbocycles. The summed E-state index contributed by atoms with van der Waals surface area (Å²) in [5.41, 5.74) is 2.59. The zero-order valence-corrected chi connectivity index (χ0v) is 13.5. The quantitative estimate of drug-likeness (QED) is 0.557. The van der Waals surface area contributed by atoms with E-state index >= 15 is 0 Å². The van der Waals surface area contributed by atoms with E-state index < -0.39 is 5.97 Å². The molecule has 0 saturated heterocycles. The molecular weight excluding hydrogens is 316 g/mol. The van der Waals surface area contributed by atoms with Gasteiger partial charge in [-0.25, -0.2) is 4.79 Å². The lowest BCUT2D eigenvalue weighted by atomic mass is 10.0. The first-order valence-electron chi connectivity index (χ1n) is 7.95. The predicted molar refractivity (Wildman–Crippen MR) is 97.2 cm³/mol. The number of nitrogens with one attached hydrogen (secondary N) is 2. The fourth-order valence-electron chi connectivity index (χ4n) is 2.54. The summed E-state index contributed by atoms with van der Waals surface area (Å²) in [7, 11) is 0. The number of allylic oxidation sites excluding steroid dienone is 2. The first-order chi connectivity index (χ1) is 12.1. The molecule has 0 atom stereocenters. The Hall–Kier alpha value is -3.34. The Morgan fingerprint density at radius 1 is 1.08 bits per heavy atom. The maximum absolute atomic E-state index is 10.9. The standard InChI is InChI=1S/C20H18N2O3/c21-19(25-16-6-2-1-3-7-16)17-8-4-5-9-18(17)22-15-12-10-14(11-13-15)20(23)24/h1-4,6-8,10-13,21-22H,5,9H2,(H,23,24). The number of carboxylic acid groups (broad SMARTS) is 1. The summed E-state index contributed by atoms with van der Waals surface area (Å²) >= 11 is 0. The Morgan fingerprint density at radius 3 is 2.48 bits per heavy atom. The van der Waals surface area contributed by atoms with E-state index in [9.17, 15) is 4.79 Å². The molecule has 126 valence electrons. The zero-order chi connectivity index (χ0) is 17.6. The number of rotatable bonds is 5. The fourth-order valence-corrected chi connectivity index (χ4v) is 2.54. The normalized spacial score (nSPS) is 13.4. The van der Waals surface area contributed by atoms with Crippen LogP contribution < -0.4 is 10.1 Å². The zero-order valence-electron chi connectivity index (χ0n) is 13.5. The minimum absolute atomic E-state index is 0.0757. The van der Waals surface area contributed by atoms with Crippen LogP contribution in [0.4, 0.5) is 5.69 Å². The van der Waals surface area contributed by atoms with Gasteiger partial charge in [0.25, 0.3) is 0 Å². The largest absolute Gasteiger partial charge is 0.478 e. The highest BCUT2D eigenvalue weighted by atomic mass is 16.5. The van der Waals surface area contributed by atoms with Crippen LogP contribution in [0.3, 0.4) is 0 Å². The van der Waals surface area contributed by atoms with Gasteiger partial charge >= 0.3 is 5.97 Å². The summed E-state index contributed by atoms with van der Waals surface area (Å²) in [6.45, 7) is 0. The van der Waals surface area contributed by atoms with Crippen molar-refractivity contribution in [2.45, 2.75) is 12.8 Å². The van der Waals surface area contributed by atoms with Crippen molar-refractivity contribution in [3.05, 3.63) is 83.6 Å². The summed E-state index contributed by atoms with van der Waals surface area (Å²) in [6, 6.07) is 15.8. The lowest BCUT2D eigenvalue weighted by Gasteiger charge is -2.19. The summed E-state index contributed by atoms with van der Waals surface area (Å²) in [4.78, 5) is 10.9. The van der Waals surface area contributed by atoms with E-state index in [0.29, 0.717) is 11.3 Å². The molecule has 0 bridgehead atoms. The van der Waals surface area contributed by atoms with Gasteiger partial charge in [-0.05, 0) is 49.2 Å². The molecule has 2 aromatic carbocycles. The second-order valence-corrected chi connectivity index (χ2v) is 5.59. The molecule has 0 aromatic heterocycles. The molecule has 1 aliphatic carbocycles. The van der Waals surface area contributed by atoms with Crippen LogP contribution in [0.15, 0.2) is 78.0 Å². The summed E-state index contributed by atoms with van der Waals surface area (Å²) in [5.74, 6) is -0.263. The van der Waals surface area contributed by atoms with E-state index in [1.54, 1.807) is 36.4 Å². The first-order valence-corrected chi connectivity index (χ1v) is 7.95. The van der Waals surface area contributed by atoms with Gasteiger partial charge in [0.15, 0.2) is 0 Å². The molecule has 0 unspecified atom stereocenters. The number of anilines is 1. The molecule has 3 N–H and O–H groups in total. The molecule has 0 aliphatic heterocycles. The van der Waals surface area contributed by atoms with Crippen LogP contribution in [0.25, 0.3) is 0 Å². The van der Waals surface area contributed by atoms with Crippen molar-refractivity contribution in [1.29, 1.82) is 5.41 Å². The number of hydrogen-bond donors (Lipinski definition) is 3. The molecule has 0 fully saturated rings. The van der Waals surface area contributed by atoms with E-state index in [1.165, 1.54) is 0 Å². The Morgan fingerprint density at radius 2 is 1.80 bits per heavy atom. The molecule has 25 heavy (non-hydrogen) atoms. The van der Waals surface area contributed by atoms with Crippen LogP contribution in [-0.4, -0.2) is 17.0 Å². The van der Waals surface area contributed by atoms with Crippen molar-refractivity contribution in [3.8, 4) is 5.75 Å². The van der Waals surface area contributed by atoms with Gasteiger partial charge < -0.3 is 15.2 Å². The Kier molecular flexibility index (Phi) is 4.95. The average Bonchev–Trinajstić information content (AvgIpc) is 2.63. The molecule has 0 spiro atoms. The summed E-state index contributed by atoms with van der Waals surface area (Å²) < 4.78 is 5.63. The molecule has 0 heterocycles. The van der Waals surface area contributed by atoms with Gasteiger partial charge in [-0.15, -0.1) is 0 Å². The second-order valence-electron chi connectivity index (χ2n) is 5.59. The summed E-state index contributed by atoms with van der Waals surface area (Å²) in [5, 5.41) is 20.5. The van der Waals surface area contributed by atoms with Gasteiger partial charge in [0.2, 0.25) is 5.90 Å². The van der Waals surface area contributed by atoms with E-state index in [1.807, 2.05) is 30.4 Å². The van der Waals surface area contributed by atoms with Crippen molar-refractivity contribution in [2.75, 3.05) is 5.32 Å². The lowest BCUT2D eigenvalue weighted by Crippen LogP contribution is -2.16. The van der Waals surface area contributed by atoms with Crippen LogP contribution >= 0.6 is 0 Å². The van der Waals surface area contributed by atoms with Gasteiger partial charge in [-0.1, -0.05) is 30.4 Å². The third kappa shape index (κ3) is 4.14. The number of para-hydroxylation sites is 1. The molecule has 2 aromatic rings. The highest BCUT2D eigenvalue weighted by Crippen LogP contribution is 2.24. The number of aromatic carboxylic acids is 1. The van der Waals surface area contributed by atoms with Gasteiger partial charge in [0, 0.05) is 11.4 Å². The van der Waals surface area contributed by atoms with Crippen LogP contribution in [0, 0.1) is 5.41 Å². The van der Waals surface area contributed by atoms with Crippen LogP contribution in [-0.2, 0) is 0 Å². The predicted octanol–water partition coefficient (Wildman–Crippen LogP) is 4.46. The minimum Gasteiger partial charge on any atom is -0.478 e. The van der Waals surface area contributed by atoms with Crippen molar-refractivity contribution < 1.29 is 14.6 Å². The van der Waals surface area contributed by atoms with Gasteiger partial charge in [0.05, 0.1) is 11.1 Å². The number of ether oxygens (including phenoxy) is 1. The number of carboxylic acids is 1. The first kappa shape index (κ1) is 16.5. The van der Waals surface area contributed by atoms with Crippen molar-refractivity contribution in [2.24, 2.45) is 0 Å². The van der Waals surface area contributed by atoms with E-state index in [-0.39, 0.29) is 11.5 Å². The molecule has 0 amide bonds. The Labute approximate surface area is 145 Å². The van der Waals surface area contributed by atoms with E-state index in [4.69, 9.17) is 15.3 Å². The number of benzene rings is 2. The molecule has 0 radical (unpaired) electrons. The second kappa shape index (κ2) is 7.49. The van der Waals surface area contributed by atoms with E-state index in [2.05, 4.69) is 5.32 Å². The van der Waals surface area contributed by atoms with E-state index in [0.717, 1.165) is 24.2 Å². The fraction of sp³-hybridized carbons (Fsp3) is 0.100. The lowest BCUT2D eigenvalue weighted by molar-refractivity contribution is 0.0697. The minimum atomic E-state index is -0.954. The van der Waals surface area contributed by atoms with Gasteiger partial charge in [-0.2, -0.15) is 0 Å². The van der Waals surface area contributed by atoms with Crippen LogP contribution in [0.2, 0.25) is 0 Å². The van der Waals surface area contributed by atoms with Gasteiger partial charge in [0.1, 0.15) is 5.75 Å². The van der Waals surface area contributed by atoms with Gasteiger partial charge in [-0.3, -0.25) is 5.41 Å². The molecule has 5 nitrogen and oxygen atoms in total. The van der Waals surface area contributed by atoms with Crippen molar-refractivity contribution >= 4 is 17.6 Å². The SMILES string of the molecule is N=C(Oc1ccccc1)C1=C(Nc2ccc(C(=O)O)cc2)CCC=C1. The van der Waals surface area contributed by atoms with Crippen molar-refractivity contribution in [3.63, 3.8) is 0 Å². The average molecular weight is 334 g/mol. The highest BCUT2D eigenvalue weighted by molar-refractivity contribution is 5.97. The molecular formula is C20H18N2O3. The van der Waals surface area contributed by atoms with Crippen LogP contribution in [0.5, 0.6) is 5.75 Å². The van der Waals surface area contributed by atoms with Crippen LogP contribution in [0.1, 0.15) is 23.2 Å². The highest BCUT2D eigenvalue weighted by Gasteiger charge is 2.15. The third-order valence-corrected chi connectivity index (χ3v) is 3.81.